The fourth-order valence-corrected chi connectivity index (χ4v) is 8.48. The highest BCUT2D eigenvalue weighted by atomic mass is 32.1. The van der Waals surface area contributed by atoms with E-state index in [-0.39, 0.29) is 0 Å². The van der Waals surface area contributed by atoms with E-state index in [2.05, 4.69) is 182 Å². The molecule has 1 aromatic heterocycles. The van der Waals surface area contributed by atoms with E-state index in [4.69, 9.17) is 0 Å². The number of benzene rings is 7. The van der Waals surface area contributed by atoms with Gasteiger partial charge in [0.05, 0.1) is 0 Å². The Hall–Kier alpha value is -5.76. The molecule has 0 fully saturated rings. The van der Waals surface area contributed by atoms with Crippen LogP contribution in [0.25, 0.3) is 75.8 Å². The molecular formula is C48H34S. The van der Waals surface area contributed by atoms with E-state index in [0.29, 0.717) is 0 Å². The molecule has 8 aromatic rings. The van der Waals surface area contributed by atoms with Crippen LogP contribution < -0.4 is 0 Å². The van der Waals surface area contributed by atoms with E-state index in [1.165, 1.54) is 87.0 Å². The van der Waals surface area contributed by atoms with Crippen LogP contribution in [0.4, 0.5) is 0 Å². The first-order valence-electron chi connectivity index (χ1n) is 17.0. The summed E-state index contributed by atoms with van der Waals surface area (Å²) in [5.41, 5.74) is 15.4. The molecule has 0 unspecified atom stereocenters. The van der Waals surface area contributed by atoms with Crippen LogP contribution >= 0.6 is 11.3 Å². The molecular weight excluding hydrogens is 609 g/mol. The van der Waals surface area contributed by atoms with Crippen molar-refractivity contribution in [2.24, 2.45) is 0 Å². The van der Waals surface area contributed by atoms with Crippen molar-refractivity contribution < 1.29 is 0 Å². The standard InChI is InChI=1S/C48H34S/c1-3-11-33(12-4-1)35-21-25-37(26-22-35)41-30-42(38-27-23-36(24-28-38)34-13-5-2-6-14-34)32-43(31-41)39-15-9-16-40(29-39)44-18-10-19-46-45-17-7-8-20-47(45)49-48(44)46/h1-23,25-27,29-32H,24,28H2. The van der Waals surface area contributed by atoms with Crippen LogP contribution in [0.1, 0.15) is 24.0 Å². The maximum Gasteiger partial charge on any atom is 0.0433 e. The number of thiophene rings is 1. The van der Waals surface area contributed by atoms with Gasteiger partial charge in [0.2, 0.25) is 0 Å². The Bertz CT molecular complexity index is 2510. The average molecular weight is 643 g/mol. The van der Waals surface area contributed by atoms with Crippen molar-refractivity contribution in [1.29, 1.82) is 0 Å². The lowest BCUT2D eigenvalue weighted by atomic mass is 9.87. The highest BCUT2D eigenvalue weighted by Crippen LogP contribution is 2.42. The Balaban J connectivity index is 1.15. The lowest BCUT2D eigenvalue weighted by molar-refractivity contribution is 1.07. The summed E-state index contributed by atoms with van der Waals surface area (Å²) in [6.45, 7) is 0. The van der Waals surface area contributed by atoms with E-state index < -0.39 is 0 Å². The molecule has 232 valence electrons. The van der Waals surface area contributed by atoms with Crippen LogP contribution in [0.5, 0.6) is 0 Å². The van der Waals surface area contributed by atoms with Crippen molar-refractivity contribution >= 4 is 42.7 Å². The number of allylic oxidation sites excluding steroid dienone is 4. The Morgan fingerprint density at radius 1 is 0.327 bits per heavy atom. The molecule has 0 N–H and O–H groups in total. The normalized spacial score (nSPS) is 13.0. The predicted octanol–water partition coefficient (Wildman–Crippen LogP) is 14.0. The van der Waals surface area contributed by atoms with E-state index in [1.807, 2.05) is 11.3 Å². The minimum absolute atomic E-state index is 1.02. The van der Waals surface area contributed by atoms with Gasteiger partial charge in [-0.05, 0) is 110 Å². The van der Waals surface area contributed by atoms with Gasteiger partial charge < -0.3 is 0 Å². The summed E-state index contributed by atoms with van der Waals surface area (Å²) in [6.07, 6.45) is 6.72. The predicted molar refractivity (Wildman–Crippen MR) is 213 cm³/mol. The lowest BCUT2D eigenvalue weighted by Gasteiger charge is -2.18. The van der Waals surface area contributed by atoms with E-state index in [9.17, 15) is 0 Å². The molecule has 1 aliphatic rings. The second-order valence-electron chi connectivity index (χ2n) is 12.9. The molecule has 0 radical (unpaired) electrons. The quantitative estimate of drug-likeness (QED) is 0.169. The monoisotopic (exact) mass is 642 g/mol. The van der Waals surface area contributed by atoms with Crippen molar-refractivity contribution in [2.75, 3.05) is 0 Å². The topological polar surface area (TPSA) is 0 Å². The highest BCUT2D eigenvalue weighted by molar-refractivity contribution is 7.26. The van der Waals surface area contributed by atoms with Gasteiger partial charge in [-0.2, -0.15) is 0 Å². The summed E-state index contributed by atoms with van der Waals surface area (Å²) in [7, 11) is 0. The number of rotatable bonds is 6. The SMILES string of the molecule is C1=C(c2ccccc2)CCC(c2cc(-c3ccc(-c4ccccc4)cc3)cc(-c3cccc(-c4cccc5c4sc4ccccc45)c3)c2)=C1. The summed E-state index contributed by atoms with van der Waals surface area (Å²) in [6, 6.07) is 62.2. The van der Waals surface area contributed by atoms with Crippen molar-refractivity contribution in [2.45, 2.75) is 12.8 Å². The summed E-state index contributed by atoms with van der Waals surface area (Å²) < 4.78 is 2.68. The van der Waals surface area contributed by atoms with E-state index in [1.54, 1.807) is 0 Å². The maximum absolute atomic E-state index is 2.40. The minimum atomic E-state index is 1.02. The van der Waals surface area contributed by atoms with Gasteiger partial charge in [0, 0.05) is 20.2 Å². The highest BCUT2D eigenvalue weighted by Gasteiger charge is 2.15. The summed E-state index contributed by atoms with van der Waals surface area (Å²) in [5.74, 6) is 0. The molecule has 49 heavy (non-hydrogen) atoms. The lowest BCUT2D eigenvalue weighted by Crippen LogP contribution is -1.95. The van der Waals surface area contributed by atoms with Gasteiger partial charge in [-0.3, -0.25) is 0 Å². The molecule has 1 heterocycles. The molecule has 0 nitrogen and oxygen atoms in total. The van der Waals surface area contributed by atoms with Gasteiger partial charge in [0.1, 0.15) is 0 Å². The zero-order chi connectivity index (χ0) is 32.6. The van der Waals surface area contributed by atoms with Crippen LogP contribution in [0.15, 0.2) is 182 Å². The minimum Gasteiger partial charge on any atom is -0.135 e. The first kappa shape index (κ1) is 29.4. The molecule has 0 bridgehead atoms. The fourth-order valence-electron chi connectivity index (χ4n) is 7.24. The van der Waals surface area contributed by atoms with Gasteiger partial charge in [-0.15, -0.1) is 11.3 Å². The maximum atomic E-state index is 2.40. The molecule has 1 heteroatoms. The summed E-state index contributed by atoms with van der Waals surface area (Å²) in [5, 5.41) is 2.67. The van der Waals surface area contributed by atoms with Crippen LogP contribution in [0, 0.1) is 0 Å². The molecule has 0 aliphatic heterocycles. The van der Waals surface area contributed by atoms with E-state index in [0.717, 1.165) is 12.8 Å². The third-order valence-electron chi connectivity index (χ3n) is 9.83. The average Bonchev–Trinajstić information content (AvgIpc) is 3.58. The molecule has 0 saturated carbocycles. The third-order valence-corrected chi connectivity index (χ3v) is 11.1. The van der Waals surface area contributed by atoms with Crippen LogP contribution in [0.2, 0.25) is 0 Å². The molecule has 7 aromatic carbocycles. The molecule has 9 rings (SSSR count). The Kier molecular flexibility index (Phi) is 7.61. The smallest absolute Gasteiger partial charge is 0.0433 e. The first-order valence-corrected chi connectivity index (χ1v) is 17.9. The third kappa shape index (κ3) is 5.73. The first-order chi connectivity index (χ1) is 24.3. The van der Waals surface area contributed by atoms with Gasteiger partial charge in [-0.1, -0.05) is 152 Å². The van der Waals surface area contributed by atoms with Gasteiger partial charge in [0.25, 0.3) is 0 Å². The van der Waals surface area contributed by atoms with Gasteiger partial charge in [0.15, 0.2) is 0 Å². The largest absolute Gasteiger partial charge is 0.135 e. The molecule has 1 aliphatic carbocycles. The number of fused-ring (bicyclic) bond motifs is 3. The van der Waals surface area contributed by atoms with Crippen LogP contribution in [-0.2, 0) is 0 Å². The number of hydrogen-bond acceptors (Lipinski definition) is 1. The summed E-state index contributed by atoms with van der Waals surface area (Å²) >= 11 is 1.89. The fraction of sp³-hybridized carbons (Fsp3) is 0.0417. The van der Waals surface area contributed by atoms with Crippen molar-refractivity contribution in [1.82, 2.24) is 0 Å². The van der Waals surface area contributed by atoms with Crippen LogP contribution in [0.3, 0.4) is 0 Å². The molecule has 0 amide bonds. The Morgan fingerprint density at radius 2 is 0.816 bits per heavy atom. The zero-order valence-corrected chi connectivity index (χ0v) is 28.0. The Morgan fingerprint density at radius 3 is 1.55 bits per heavy atom. The van der Waals surface area contributed by atoms with Crippen molar-refractivity contribution in [3.8, 4) is 44.5 Å². The number of hydrogen-bond donors (Lipinski definition) is 0. The van der Waals surface area contributed by atoms with Gasteiger partial charge in [-0.25, -0.2) is 0 Å². The zero-order valence-electron chi connectivity index (χ0n) is 27.1. The van der Waals surface area contributed by atoms with Gasteiger partial charge >= 0.3 is 0 Å². The van der Waals surface area contributed by atoms with Crippen molar-refractivity contribution in [3.63, 3.8) is 0 Å². The van der Waals surface area contributed by atoms with Crippen molar-refractivity contribution in [3.05, 3.63) is 193 Å². The summed E-state index contributed by atoms with van der Waals surface area (Å²) in [4.78, 5) is 0. The molecule has 0 spiro atoms. The second kappa shape index (κ2) is 12.7. The molecule has 0 atom stereocenters. The second-order valence-corrected chi connectivity index (χ2v) is 13.9. The molecule has 0 saturated heterocycles. The van der Waals surface area contributed by atoms with E-state index >= 15 is 0 Å². The Labute approximate surface area is 292 Å². The van der Waals surface area contributed by atoms with Crippen LogP contribution in [-0.4, -0.2) is 0 Å².